The molecular formula is C14H24. The van der Waals surface area contributed by atoms with Crippen LogP contribution in [0.3, 0.4) is 0 Å². The fourth-order valence-corrected chi connectivity index (χ4v) is 1.38. The summed E-state index contributed by atoms with van der Waals surface area (Å²) >= 11 is 0. The Labute approximate surface area is 89.4 Å². The van der Waals surface area contributed by atoms with Crippen molar-refractivity contribution < 1.29 is 0 Å². The molecule has 0 saturated carbocycles. The summed E-state index contributed by atoms with van der Waals surface area (Å²) < 4.78 is 0. The maximum Gasteiger partial charge on any atom is -0.0142 e. The van der Waals surface area contributed by atoms with Crippen molar-refractivity contribution >= 4 is 0 Å². The van der Waals surface area contributed by atoms with Crippen LogP contribution in [0.15, 0.2) is 35.5 Å². The molecule has 0 N–H and O–H groups in total. The molecule has 0 aromatic heterocycles. The van der Waals surface area contributed by atoms with E-state index in [1.807, 2.05) is 6.08 Å². The molecule has 0 radical (unpaired) electrons. The highest BCUT2D eigenvalue weighted by Gasteiger charge is 1.96. The van der Waals surface area contributed by atoms with Crippen LogP contribution in [-0.2, 0) is 0 Å². The molecule has 0 amide bonds. The quantitative estimate of drug-likeness (QED) is 0.517. The Morgan fingerprint density at radius 2 is 1.79 bits per heavy atom. The van der Waals surface area contributed by atoms with Crippen molar-refractivity contribution in [3.63, 3.8) is 0 Å². The Kier molecular flexibility index (Phi) is 7.18. The van der Waals surface area contributed by atoms with E-state index in [0.717, 1.165) is 6.42 Å². The van der Waals surface area contributed by atoms with Crippen LogP contribution in [0, 0.1) is 0 Å². The van der Waals surface area contributed by atoms with Crippen molar-refractivity contribution in [3.8, 4) is 0 Å². The van der Waals surface area contributed by atoms with Gasteiger partial charge >= 0.3 is 0 Å². The molecule has 80 valence electrons. The van der Waals surface area contributed by atoms with Crippen molar-refractivity contribution in [2.24, 2.45) is 0 Å². The van der Waals surface area contributed by atoms with Gasteiger partial charge < -0.3 is 0 Å². The molecule has 0 heteroatoms. The third-order valence-corrected chi connectivity index (χ3v) is 2.72. The predicted octanol–water partition coefficient (Wildman–Crippen LogP) is 5.04. The SMILES string of the molecule is C=CC/C(=C/C)CCCC(C)=C(C)C. The predicted molar refractivity (Wildman–Crippen MR) is 66.5 cm³/mol. The molecule has 0 aliphatic rings. The monoisotopic (exact) mass is 192 g/mol. The third kappa shape index (κ3) is 5.80. The van der Waals surface area contributed by atoms with Gasteiger partial charge in [-0.1, -0.05) is 28.9 Å². The van der Waals surface area contributed by atoms with Crippen molar-refractivity contribution in [1.29, 1.82) is 0 Å². The molecule has 0 aliphatic carbocycles. The molecule has 14 heavy (non-hydrogen) atoms. The minimum atomic E-state index is 1.05. The maximum absolute atomic E-state index is 3.77. The number of hydrogen-bond acceptors (Lipinski definition) is 0. The van der Waals surface area contributed by atoms with Crippen LogP contribution < -0.4 is 0 Å². The van der Waals surface area contributed by atoms with Gasteiger partial charge in [-0.05, 0) is 53.4 Å². The average Bonchev–Trinajstić information content (AvgIpc) is 2.16. The molecule has 0 aromatic carbocycles. The Bertz CT molecular complexity index is 224. The van der Waals surface area contributed by atoms with E-state index >= 15 is 0 Å². The molecule has 0 rings (SSSR count). The van der Waals surface area contributed by atoms with Gasteiger partial charge in [-0.2, -0.15) is 0 Å². The first kappa shape index (κ1) is 13.2. The number of hydrogen-bond donors (Lipinski definition) is 0. The average molecular weight is 192 g/mol. The minimum Gasteiger partial charge on any atom is -0.103 e. The highest BCUT2D eigenvalue weighted by molar-refractivity contribution is 5.09. The van der Waals surface area contributed by atoms with E-state index in [-0.39, 0.29) is 0 Å². The Balaban J connectivity index is 3.84. The molecule has 0 unspecified atom stereocenters. The normalized spacial score (nSPS) is 11.3. The van der Waals surface area contributed by atoms with Crippen LogP contribution in [-0.4, -0.2) is 0 Å². The lowest BCUT2D eigenvalue weighted by molar-refractivity contribution is 0.783. The fraction of sp³-hybridized carbons (Fsp3) is 0.571. The number of allylic oxidation sites excluding steroid dienone is 5. The minimum absolute atomic E-state index is 1.05. The van der Waals surface area contributed by atoms with Gasteiger partial charge in [0.1, 0.15) is 0 Å². The second kappa shape index (κ2) is 7.61. The van der Waals surface area contributed by atoms with Gasteiger partial charge in [-0.3, -0.25) is 0 Å². The van der Waals surface area contributed by atoms with E-state index < -0.39 is 0 Å². The molecule has 0 aliphatic heterocycles. The molecule has 0 heterocycles. The second-order valence-corrected chi connectivity index (χ2v) is 4.07. The summed E-state index contributed by atoms with van der Waals surface area (Å²) in [5, 5.41) is 0. The molecule has 0 atom stereocenters. The van der Waals surface area contributed by atoms with Crippen molar-refractivity contribution in [1.82, 2.24) is 0 Å². The molecular weight excluding hydrogens is 168 g/mol. The first-order valence-electron chi connectivity index (χ1n) is 5.49. The second-order valence-electron chi connectivity index (χ2n) is 4.07. The lowest BCUT2D eigenvalue weighted by Gasteiger charge is -2.06. The summed E-state index contributed by atoms with van der Waals surface area (Å²) in [6, 6.07) is 0. The smallest absolute Gasteiger partial charge is 0.0142 e. The van der Waals surface area contributed by atoms with Crippen LogP contribution in [0.4, 0.5) is 0 Å². The van der Waals surface area contributed by atoms with Crippen molar-refractivity contribution in [3.05, 3.63) is 35.5 Å². The van der Waals surface area contributed by atoms with E-state index in [1.165, 1.54) is 30.4 Å². The van der Waals surface area contributed by atoms with Gasteiger partial charge in [0.2, 0.25) is 0 Å². The summed E-state index contributed by atoms with van der Waals surface area (Å²) in [4.78, 5) is 0. The Morgan fingerprint density at radius 3 is 2.21 bits per heavy atom. The van der Waals surface area contributed by atoms with Crippen molar-refractivity contribution in [2.75, 3.05) is 0 Å². The molecule has 0 aromatic rings. The van der Waals surface area contributed by atoms with E-state index in [2.05, 4.69) is 40.3 Å². The maximum atomic E-state index is 3.77. The van der Waals surface area contributed by atoms with Crippen LogP contribution in [0.25, 0.3) is 0 Å². The highest BCUT2D eigenvalue weighted by Crippen LogP contribution is 2.16. The van der Waals surface area contributed by atoms with Crippen LogP contribution >= 0.6 is 0 Å². The lowest BCUT2D eigenvalue weighted by Crippen LogP contribution is -1.86. The van der Waals surface area contributed by atoms with Crippen LogP contribution in [0.5, 0.6) is 0 Å². The zero-order valence-electron chi connectivity index (χ0n) is 10.2. The first-order chi connectivity index (χ1) is 6.61. The molecule has 0 spiro atoms. The highest BCUT2D eigenvalue weighted by atomic mass is 14.0. The molecule has 0 fully saturated rings. The van der Waals surface area contributed by atoms with Crippen LogP contribution in [0.2, 0.25) is 0 Å². The Hall–Kier alpha value is -0.780. The van der Waals surface area contributed by atoms with E-state index in [9.17, 15) is 0 Å². The zero-order chi connectivity index (χ0) is 11.0. The summed E-state index contributed by atoms with van der Waals surface area (Å²) in [7, 11) is 0. The summed E-state index contributed by atoms with van der Waals surface area (Å²) in [6.07, 6.45) is 8.97. The summed E-state index contributed by atoms with van der Waals surface area (Å²) in [6.45, 7) is 12.5. The zero-order valence-corrected chi connectivity index (χ0v) is 10.2. The van der Waals surface area contributed by atoms with E-state index in [0.29, 0.717) is 0 Å². The van der Waals surface area contributed by atoms with Gasteiger partial charge in [-0.15, -0.1) is 6.58 Å². The first-order valence-corrected chi connectivity index (χ1v) is 5.49. The summed E-state index contributed by atoms with van der Waals surface area (Å²) in [5.74, 6) is 0. The third-order valence-electron chi connectivity index (χ3n) is 2.72. The van der Waals surface area contributed by atoms with Gasteiger partial charge in [0.05, 0.1) is 0 Å². The van der Waals surface area contributed by atoms with Gasteiger partial charge in [0.15, 0.2) is 0 Å². The molecule has 0 nitrogen and oxygen atoms in total. The van der Waals surface area contributed by atoms with E-state index in [1.54, 1.807) is 5.57 Å². The largest absolute Gasteiger partial charge is 0.103 e. The summed E-state index contributed by atoms with van der Waals surface area (Å²) in [5.41, 5.74) is 4.52. The van der Waals surface area contributed by atoms with Gasteiger partial charge in [0.25, 0.3) is 0 Å². The lowest BCUT2D eigenvalue weighted by atomic mass is 10.0. The Morgan fingerprint density at radius 1 is 1.14 bits per heavy atom. The molecule has 0 bridgehead atoms. The number of rotatable bonds is 6. The fourth-order valence-electron chi connectivity index (χ4n) is 1.38. The topological polar surface area (TPSA) is 0 Å². The molecule has 0 saturated heterocycles. The van der Waals surface area contributed by atoms with E-state index in [4.69, 9.17) is 0 Å². The van der Waals surface area contributed by atoms with Crippen LogP contribution in [0.1, 0.15) is 53.4 Å². The van der Waals surface area contributed by atoms with Gasteiger partial charge in [-0.25, -0.2) is 0 Å². The standard InChI is InChI=1S/C14H24/c1-6-9-14(7-2)11-8-10-13(5)12(3)4/h6-7H,1,8-11H2,2-5H3/b14-7-. The van der Waals surface area contributed by atoms with Crippen molar-refractivity contribution in [2.45, 2.75) is 53.4 Å². The van der Waals surface area contributed by atoms with Gasteiger partial charge in [0, 0.05) is 0 Å².